The number of nitrogens with one attached hydrogen (secondary N) is 1. The van der Waals surface area contributed by atoms with Crippen molar-refractivity contribution in [2.45, 2.75) is 12.7 Å². The Labute approximate surface area is 121 Å². The second-order valence-electron chi connectivity index (χ2n) is 4.25. The first-order valence-corrected chi connectivity index (χ1v) is 6.50. The van der Waals surface area contributed by atoms with E-state index in [9.17, 15) is 9.50 Å². The van der Waals surface area contributed by atoms with Crippen molar-refractivity contribution in [3.8, 4) is 0 Å². The number of aliphatic hydroxyl groups excluding tert-OH is 1. The third kappa shape index (κ3) is 4.52. The Morgan fingerprint density at radius 2 is 2.25 bits per heavy atom. The molecule has 6 heteroatoms. The highest BCUT2D eigenvalue weighted by Gasteiger charge is 2.07. The molecule has 1 aromatic carbocycles. The maximum atomic E-state index is 13.0. The minimum Gasteiger partial charge on any atom is -0.467 e. The van der Waals surface area contributed by atoms with Gasteiger partial charge in [0.1, 0.15) is 18.2 Å². The summed E-state index contributed by atoms with van der Waals surface area (Å²) in [6.07, 6.45) is 0.826. The maximum Gasteiger partial charge on any atom is 0.129 e. The zero-order valence-corrected chi connectivity index (χ0v) is 11.4. The lowest BCUT2D eigenvalue weighted by molar-refractivity contribution is 0.0282. The summed E-state index contributed by atoms with van der Waals surface area (Å²) in [6, 6.07) is 7.56. The molecule has 0 radical (unpaired) electrons. The smallest absolute Gasteiger partial charge is 0.129 e. The Morgan fingerprint density at radius 3 is 3.00 bits per heavy atom. The standard InChI is InChI=1S/C14H15ClFNO3/c15-13-4-3-10(16)6-14(13)17-7-11(18)8-19-9-12-2-1-5-20-12/h1-6,11,17-18H,7-9H2. The van der Waals surface area contributed by atoms with E-state index in [1.807, 2.05) is 0 Å². The Hall–Kier alpha value is -1.56. The van der Waals surface area contributed by atoms with Gasteiger partial charge in [-0.25, -0.2) is 4.39 Å². The Balaban J connectivity index is 1.71. The Morgan fingerprint density at radius 1 is 1.40 bits per heavy atom. The molecule has 0 aliphatic carbocycles. The number of hydrogen-bond donors (Lipinski definition) is 2. The van der Waals surface area contributed by atoms with Crippen LogP contribution in [0.1, 0.15) is 5.76 Å². The average molecular weight is 300 g/mol. The Kier molecular flexibility index (Phi) is 5.40. The minimum absolute atomic E-state index is 0.140. The van der Waals surface area contributed by atoms with Gasteiger partial charge in [0.15, 0.2) is 0 Å². The van der Waals surface area contributed by atoms with Crippen molar-refractivity contribution in [3.63, 3.8) is 0 Å². The molecule has 1 atom stereocenters. The van der Waals surface area contributed by atoms with E-state index in [4.69, 9.17) is 20.8 Å². The van der Waals surface area contributed by atoms with E-state index in [1.165, 1.54) is 18.2 Å². The number of anilines is 1. The van der Waals surface area contributed by atoms with Crippen molar-refractivity contribution in [2.24, 2.45) is 0 Å². The summed E-state index contributed by atoms with van der Waals surface area (Å²) in [4.78, 5) is 0. The number of halogens is 2. The molecule has 108 valence electrons. The monoisotopic (exact) mass is 299 g/mol. The summed E-state index contributed by atoms with van der Waals surface area (Å²) < 4.78 is 23.4. The van der Waals surface area contributed by atoms with Gasteiger partial charge >= 0.3 is 0 Å². The molecule has 0 fully saturated rings. The van der Waals surface area contributed by atoms with Gasteiger partial charge in [0.05, 0.1) is 29.7 Å². The predicted molar refractivity (Wildman–Crippen MR) is 74.3 cm³/mol. The molecule has 1 aromatic heterocycles. The molecule has 20 heavy (non-hydrogen) atoms. The van der Waals surface area contributed by atoms with Gasteiger partial charge in [-0.1, -0.05) is 11.6 Å². The van der Waals surface area contributed by atoms with E-state index < -0.39 is 6.10 Å². The second kappa shape index (κ2) is 7.28. The Bertz CT molecular complexity index is 533. The topological polar surface area (TPSA) is 54.6 Å². The first kappa shape index (κ1) is 14.8. The van der Waals surface area contributed by atoms with Gasteiger partial charge < -0.3 is 19.6 Å². The van der Waals surface area contributed by atoms with Crippen LogP contribution in [0.2, 0.25) is 5.02 Å². The molecular weight excluding hydrogens is 285 g/mol. The van der Waals surface area contributed by atoms with Crippen LogP contribution >= 0.6 is 11.6 Å². The first-order chi connectivity index (χ1) is 9.65. The molecule has 0 saturated carbocycles. The molecule has 0 spiro atoms. The molecular formula is C14H15ClFNO3. The number of hydrogen-bond acceptors (Lipinski definition) is 4. The highest BCUT2D eigenvalue weighted by molar-refractivity contribution is 6.33. The van der Waals surface area contributed by atoms with Crippen molar-refractivity contribution in [2.75, 3.05) is 18.5 Å². The van der Waals surface area contributed by atoms with Crippen molar-refractivity contribution in [3.05, 3.63) is 53.2 Å². The number of rotatable bonds is 7. The SMILES string of the molecule is OC(CNc1cc(F)ccc1Cl)COCc1ccco1. The van der Waals surface area contributed by atoms with Gasteiger partial charge in [-0.15, -0.1) is 0 Å². The molecule has 0 aliphatic heterocycles. The highest BCUT2D eigenvalue weighted by Crippen LogP contribution is 2.22. The summed E-state index contributed by atoms with van der Waals surface area (Å²) in [7, 11) is 0. The van der Waals surface area contributed by atoms with Crippen LogP contribution in [-0.2, 0) is 11.3 Å². The molecule has 2 aromatic rings. The number of ether oxygens (including phenoxy) is 1. The van der Waals surface area contributed by atoms with Crippen LogP contribution in [0.25, 0.3) is 0 Å². The molecule has 0 aliphatic rings. The molecule has 0 bridgehead atoms. The summed E-state index contributed by atoms with van der Waals surface area (Å²) in [5.74, 6) is 0.304. The lowest BCUT2D eigenvalue weighted by atomic mass is 10.3. The van der Waals surface area contributed by atoms with Gasteiger partial charge in [0.2, 0.25) is 0 Å². The van der Waals surface area contributed by atoms with Gasteiger partial charge in [0, 0.05) is 6.54 Å². The van der Waals surface area contributed by atoms with Crippen LogP contribution in [-0.4, -0.2) is 24.4 Å². The average Bonchev–Trinajstić information content (AvgIpc) is 2.93. The van der Waals surface area contributed by atoms with Crippen molar-refractivity contribution >= 4 is 17.3 Å². The van der Waals surface area contributed by atoms with E-state index in [-0.39, 0.29) is 19.0 Å². The largest absolute Gasteiger partial charge is 0.467 e. The fraction of sp³-hybridized carbons (Fsp3) is 0.286. The van der Waals surface area contributed by atoms with Crippen LogP contribution in [0.3, 0.4) is 0 Å². The van der Waals surface area contributed by atoms with E-state index >= 15 is 0 Å². The van der Waals surface area contributed by atoms with E-state index in [0.29, 0.717) is 23.1 Å². The van der Waals surface area contributed by atoms with Crippen molar-refractivity contribution < 1.29 is 18.7 Å². The van der Waals surface area contributed by atoms with Crippen LogP contribution in [0, 0.1) is 5.82 Å². The van der Waals surface area contributed by atoms with Gasteiger partial charge in [-0.2, -0.15) is 0 Å². The summed E-state index contributed by atoms with van der Waals surface area (Å²) in [5.41, 5.74) is 0.441. The zero-order chi connectivity index (χ0) is 14.4. The molecule has 1 unspecified atom stereocenters. The zero-order valence-electron chi connectivity index (χ0n) is 10.7. The quantitative estimate of drug-likeness (QED) is 0.825. The van der Waals surface area contributed by atoms with E-state index in [1.54, 1.807) is 18.4 Å². The fourth-order valence-electron chi connectivity index (χ4n) is 1.61. The minimum atomic E-state index is -0.732. The normalized spacial score (nSPS) is 12.3. The lowest BCUT2D eigenvalue weighted by Gasteiger charge is -2.13. The maximum absolute atomic E-state index is 13.0. The second-order valence-corrected chi connectivity index (χ2v) is 4.66. The molecule has 0 amide bonds. The highest BCUT2D eigenvalue weighted by atomic mass is 35.5. The molecule has 0 saturated heterocycles. The molecule has 1 heterocycles. The van der Waals surface area contributed by atoms with E-state index in [0.717, 1.165) is 0 Å². The van der Waals surface area contributed by atoms with Gasteiger partial charge in [-0.05, 0) is 30.3 Å². The predicted octanol–water partition coefficient (Wildman–Crippen LogP) is 3.06. The van der Waals surface area contributed by atoms with Crippen LogP contribution in [0.15, 0.2) is 41.0 Å². The lowest BCUT2D eigenvalue weighted by Crippen LogP contribution is -2.24. The number of aliphatic hydroxyl groups is 1. The number of benzene rings is 1. The van der Waals surface area contributed by atoms with Crippen molar-refractivity contribution in [1.82, 2.24) is 0 Å². The summed E-state index contributed by atoms with van der Waals surface area (Å²) in [5, 5.41) is 13.0. The van der Waals surface area contributed by atoms with E-state index in [2.05, 4.69) is 5.32 Å². The van der Waals surface area contributed by atoms with Gasteiger partial charge in [0.25, 0.3) is 0 Å². The first-order valence-electron chi connectivity index (χ1n) is 6.12. The van der Waals surface area contributed by atoms with Crippen LogP contribution in [0.4, 0.5) is 10.1 Å². The van der Waals surface area contributed by atoms with Crippen LogP contribution < -0.4 is 5.32 Å². The fourth-order valence-corrected chi connectivity index (χ4v) is 1.79. The third-order valence-electron chi connectivity index (χ3n) is 2.59. The third-order valence-corrected chi connectivity index (χ3v) is 2.92. The number of furan rings is 1. The molecule has 4 nitrogen and oxygen atoms in total. The summed E-state index contributed by atoms with van der Waals surface area (Å²) >= 11 is 5.90. The molecule has 2 N–H and O–H groups in total. The summed E-state index contributed by atoms with van der Waals surface area (Å²) in [6.45, 7) is 0.646. The van der Waals surface area contributed by atoms with Crippen molar-refractivity contribution in [1.29, 1.82) is 0 Å². The van der Waals surface area contributed by atoms with Gasteiger partial charge in [-0.3, -0.25) is 0 Å². The molecule has 2 rings (SSSR count). The van der Waals surface area contributed by atoms with Crippen LogP contribution in [0.5, 0.6) is 0 Å².